The fourth-order valence-electron chi connectivity index (χ4n) is 4.09. The van der Waals surface area contributed by atoms with Crippen LogP contribution in [0.4, 0.5) is 17.5 Å². The maximum Gasteiger partial charge on any atom is 0.255 e. The number of carbonyl (C=O) groups is 1. The quantitative estimate of drug-likeness (QED) is 0.308. The number of methoxy groups -OCH3 is 3. The molecule has 11 nitrogen and oxygen atoms in total. The minimum absolute atomic E-state index is 0.110. The third-order valence-electron chi connectivity index (χ3n) is 5.91. The van der Waals surface area contributed by atoms with E-state index >= 15 is 0 Å². The van der Waals surface area contributed by atoms with Crippen molar-refractivity contribution in [3.8, 4) is 17.2 Å². The van der Waals surface area contributed by atoms with Crippen molar-refractivity contribution in [1.82, 2.24) is 14.9 Å². The summed E-state index contributed by atoms with van der Waals surface area (Å²) in [5.41, 5.74) is 14.9. The second kappa shape index (κ2) is 10.5. The van der Waals surface area contributed by atoms with Crippen LogP contribution >= 0.6 is 0 Å². The van der Waals surface area contributed by atoms with Crippen LogP contribution < -0.4 is 31.0 Å². The van der Waals surface area contributed by atoms with Gasteiger partial charge in [0.15, 0.2) is 11.3 Å². The van der Waals surface area contributed by atoms with Gasteiger partial charge in [0.05, 0.1) is 39.1 Å². The van der Waals surface area contributed by atoms with Crippen LogP contribution in [0.25, 0.3) is 11.0 Å². The molecule has 0 spiro atoms. The van der Waals surface area contributed by atoms with Gasteiger partial charge in [0.1, 0.15) is 17.3 Å². The SMILES string of the molecule is COc1cccc(C(=O)N(C)C)c1NCc1cc2c(Cc3cnc(N)nc3N)cc(OC)c(OC)c2o1. The minimum atomic E-state index is -0.150. The lowest BCUT2D eigenvalue weighted by Crippen LogP contribution is -2.23. The molecular formula is C26H30N6O5. The Morgan fingerprint density at radius 2 is 1.81 bits per heavy atom. The zero-order valence-corrected chi connectivity index (χ0v) is 21.4. The summed E-state index contributed by atoms with van der Waals surface area (Å²) in [6.45, 7) is 0.279. The maximum atomic E-state index is 12.8. The Bertz CT molecular complexity index is 1450. The normalized spacial score (nSPS) is 10.8. The van der Waals surface area contributed by atoms with Crippen LogP contribution in [0.5, 0.6) is 17.2 Å². The summed E-state index contributed by atoms with van der Waals surface area (Å²) in [6, 6.07) is 9.10. The molecular weight excluding hydrogens is 476 g/mol. The summed E-state index contributed by atoms with van der Waals surface area (Å²) in [6.07, 6.45) is 2.02. The lowest BCUT2D eigenvalue weighted by molar-refractivity contribution is 0.0828. The number of amides is 1. The van der Waals surface area contributed by atoms with Gasteiger partial charge in [-0.3, -0.25) is 4.79 Å². The second-order valence-electron chi connectivity index (χ2n) is 8.48. The van der Waals surface area contributed by atoms with Crippen molar-refractivity contribution >= 4 is 34.3 Å². The van der Waals surface area contributed by atoms with E-state index in [1.54, 1.807) is 59.8 Å². The molecule has 4 aromatic rings. The van der Waals surface area contributed by atoms with Crippen LogP contribution in [-0.4, -0.2) is 56.2 Å². The molecule has 5 N–H and O–H groups in total. The van der Waals surface area contributed by atoms with Gasteiger partial charge in [-0.05, 0) is 29.8 Å². The van der Waals surface area contributed by atoms with Crippen molar-refractivity contribution in [3.05, 3.63) is 59.0 Å². The highest BCUT2D eigenvalue weighted by atomic mass is 16.5. The van der Waals surface area contributed by atoms with E-state index in [-0.39, 0.29) is 18.4 Å². The molecule has 0 aliphatic carbocycles. The first-order valence-electron chi connectivity index (χ1n) is 11.4. The molecule has 1 amide bonds. The number of benzene rings is 2. The monoisotopic (exact) mass is 506 g/mol. The number of nitrogens with zero attached hydrogens (tertiary/aromatic N) is 3. The molecule has 11 heteroatoms. The van der Waals surface area contributed by atoms with Crippen molar-refractivity contribution in [2.75, 3.05) is 52.2 Å². The topological polar surface area (TPSA) is 151 Å². The fourth-order valence-corrected chi connectivity index (χ4v) is 4.09. The van der Waals surface area contributed by atoms with Gasteiger partial charge < -0.3 is 40.3 Å². The molecule has 0 unspecified atom stereocenters. The fraction of sp³-hybridized carbons (Fsp3) is 0.269. The van der Waals surface area contributed by atoms with Crippen molar-refractivity contribution in [2.24, 2.45) is 0 Å². The molecule has 4 rings (SSSR count). The average molecular weight is 507 g/mol. The van der Waals surface area contributed by atoms with Crippen LogP contribution in [0.2, 0.25) is 0 Å². The van der Waals surface area contributed by atoms with Gasteiger partial charge in [-0.15, -0.1) is 0 Å². The van der Waals surface area contributed by atoms with Crippen molar-refractivity contribution in [1.29, 1.82) is 0 Å². The molecule has 0 fully saturated rings. The number of nitrogens with two attached hydrogens (primary N) is 2. The number of aromatic nitrogens is 2. The van der Waals surface area contributed by atoms with E-state index in [0.717, 1.165) is 10.9 Å². The van der Waals surface area contributed by atoms with Gasteiger partial charge in [0, 0.05) is 37.7 Å². The van der Waals surface area contributed by atoms with E-state index < -0.39 is 0 Å². The van der Waals surface area contributed by atoms with Gasteiger partial charge in [0.2, 0.25) is 11.7 Å². The highest BCUT2D eigenvalue weighted by Gasteiger charge is 2.21. The Labute approximate surface area is 214 Å². The Morgan fingerprint density at radius 1 is 1.05 bits per heavy atom. The van der Waals surface area contributed by atoms with E-state index in [0.29, 0.717) is 57.6 Å². The number of hydrogen-bond acceptors (Lipinski definition) is 10. The molecule has 0 aliphatic rings. The Kier molecular flexibility index (Phi) is 7.23. The zero-order chi connectivity index (χ0) is 26.7. The number of nitrogens with one attached hydrogen (secondary N) is 1. The van der Waals surface area contributed by atoms with Crippen LogP contribution in [0.3, 0.4) is 0 Å². The average Bonchev–Trinajstić information content (AvgIpc) is 3.32. The molecule has 0 saturated carbocycles. The van der Waals surface area contributed by atoms with Gasteiger partial charge in [-0.1, -0.05) is 6.07 Å². The van der Waals surface area contributed by atoms with Crippen molar-refractivity contribution in [3.63, 3.8) is 0 Å². The number of hydrogen-bond donors (Lipinski definition) is 3. The smallest absolute Gasteiger partial charge is 0.255 e. The van der Waals surface area contributed by atoms with E-state index in [9.17, 15) is 4.79 Å². The summed E-state index contributed by atoms with van der Waals surface area (Å²) < 4.78 is 22.9. The third kappa shape index (κ3) is 5.01. The van der Waals surface area contributed by atoms with Crippen LogP contribution in [-0.2, 0) is 13.0 Å². The summed E-state index contributed by atoms with van der Waals surface area (Å²) in [4.78, 5) is 22.4. The predicted molar refractivity (Wildman–Crippen MR) is 141 cm³/mol. The van der Waals surface area contributed by atoms with E-state index in [1.165, 1.54) is 4.90 Å². The Hall–Kier alpha value is -4.67. The molecule has 194 valence electrons. The van der Waals surface area contributed by atoms with Gasteiger partial charge in [0.25, 0.3) is 5.91 Å². The first-order valence-corrected chi connectivity index (χ1v) is 11.4. The van der Waals surface area contributed by atoms with E-state index in [1.807, 2.05) is 12.1 Å². The number of ether oxygens (including phenoxy) is 3. The number of rotatable bonds is 9. The molecule has 2 aromatic carbocycles. The minimum Gasteiger partial charge on any atom is -0.495 e. The number of fused-ring (bicyclic) bond motifs is 1. The number of nitrogen functional groups attached to an aromatic ring is 2. The molecule has 0 aliphatic heterocycles. The molecule has 0 atom stereocenters. The number of anilines is 3. The van der Waals surface area contributed by atoms with Gasteiger partial charge >= 0.3 is 0 Å². The summed E-state index contributed by atoms with van der Waals surface area (Å²) in [5, 5.41) is 4.12. The van der Waals surface area contributed by atoms with Crippen molar-refractivity contribution < 1.29 is 23.4 Å². The first kappa shape index (κ1) is 25.4. The van der Waals surface area contributed by atoms with Gasteiger partial charge in [-0.25, -0.2) is 4.98 Å². The highest BCUT2D eigenvalue weighted by Crippen LogP contribution is 2.41. The lowest BCUT2D eigenvalue weighted by Gasteiger charge is -2.17. The number of para-hydroxylation sites is 1. The highest BCUT2D eigenvalue weighted by molar-refractivity contribution is 6.00. The number of furan rings is 1. The van der Waals surface area contributed by atoms with E-state index in [2.05, 4.69) is 15.3 Å². The van der Waals surface area contributed by atoms with Crippen LogP contribution in [0, 0.1) is 0 Å². The largest absolute Gasteiger partial charge is 0.495 e. The van der Waals surface area contributed by atoms with Crippen LogP contribution in [0.1, 0.15) is 27.2 Å². The molecule has 2 aromatic heterocycles. The molecule has 37 heavy (non-hydrogen) atoms. The molecule has 0 bridgehead atoms. The summed E-state index contributed by atoms with van der Waals surface area (Å²) in [5.74, 6) is 2.39. The second-order valence-corrected chi connectivity index (χ2v) is 8.48. The van der Waals surface area contributed by atoms with Crippen molar-refractivity contribution in [2.45, 2.75) is 13.0 Å². The first-order chi connectivity index (χ1) is 17.8. The van der Waals surface area contributed by atoms with E-state index in [4.69, 9.17) is 30.1 Å². The Morgan fingerprint density at radius 3 is 2.46 bits per heavy atom. The third-order valence-corrected chi connectivity index (χ3v) is 5.91. The molecule has 2 heterocycles. The van der Waals surface area contributed by atoms with Crippen LogP contribution in [0.15, 0.2) is 40.9 Å². The zero-order valence-electron chi connectivity index (χ0n) is 21.4. The molecule has 0 saturated heterocycles. The maximum absolute atomic E-state index is 12.8. The molecule has 0 radical (unpaired) electrons. The van der Waals surface area contributed by atoms with Gasteiger partial charge in [-0.2, -0.15) is 4.98 Å². The summed E-state index contributed by atoms with van der Waals surface area (Å²) >= 11 is 0. The number of carbonyl (C=O) groups excluding carboxylic acids is 1. The Balaban J connectivity index is 1.74. The summed E-state index contributed by atoms with van der Waals surface area (Å²) in [7, 11) is 8.07. The standard InChI is InChI=1S/C26H30N6O5/c1-32(2)25(33)17-7-6-8-19(34-3)21(17)29-13-16-11-18-14(9-15-12-30-26(28)31-24(15)27)10-20(35-4)23(36-5)22(18)37-16/h6-8,10-12,29H,9,13H2,1-5H3,(H4,27,28,30,31). The lowest BCUT2D eigenvalue weighted by atomic mass is 10.0. The predicted octanol–water partition coefficient (Wildman–Crippen LogP) is 3.32.